The molecule has 0 radical (unpaired) electrons. The Labute approximate surface area is 109 Å². The molecule has 0 heterocycles. The van der Waals surface area contributed by atoms with Crippen LogP contribution in [0.2, 0.25) is 0 Å². The van der Waals surface area contributed by atoms with Gasteiger partial charge in [-0.15, -0.1) is 0 Å². The number of nitrogens with two attached hydrogens (primary N) is 1. The molecule has 0 spiro atoms. The van der Waals surface area contributed by atoms with E-state index >= 15 is 0 Å². The van der Waals surface area contributed by atoms with Gasteiger partial charge >= 0.3 is 0 Å². The van der Waals surface area contributed by atoms with Crippen molar-refractivity contribution in [1.29, 1.82) is 0 Å². The predicted octanol–water partition coefficient (Wildman–Crippen LogP) is 2.79. The van der Waals surface area contributed by atoms with Crippen molar-refractivity contribution in [2.75, 3.05) is 24.2 Å². The maximum atomic E-state index is 9.42. The lowest BCUT2D eigenvalue weighted by Gasteiger charge is -2.31. The molecule has 3 nitrogen and oxygen atoms in total. The summed E-state index contributed by atoms with van der Waals surface area (Å²) in [4.78, 5) is 0. The van der Waals surface area contributed by atoms with Crippen LogP contribution in [0.25, 0.3) is 0 Å². The Bertz CT molecular complexity index is 372. The number of hydrogen-bond acceptors (Lipinski definition) is 3. The molecule has 2 rings (SSSR count). The number of rotatable bonds is 4. The third kappa shape index (κ3) is 2.96. The highest BCUT2D eigenvalue weighted by Crippen LogP contribution is 2.31. The summed E-state index contributed by atoms with van der Waals surface area (Å²) in [5.74, 6) is 1.03. The Morgan fingerprint density at radius 3 is 2.67 bits per heavy atom. The third-order valence-corrected chi connectivity index (χ3v) is 4.15. The largest absolute Gasteiger partial charge is 0.397 e. The molecule has 2 atom stereocenters. The van der Waals surface area contributed by atoms with E-state index in [2.05, 4.69) is 18.3 Å². The Morgan fingerprint density at radius 2 is 2.00 bits per heavy atom. The Kier molecular flexibility index (Phi) is 4.48. The van der Waals surface area contributed by atoms with Crippen LogP contribution in [-0.4, -0.2) is 18.3 Å². The first-order valence-corrected chi connectivity index (χ1v) is 6.92. The van der Waals surface area contributed by atoms with E-state index in [1.807, 2.05) is 12.1 Å². The first kappa shape index (κ1) is 13.2. The molecule has 3 heteroatoms. The molecule has 100 valence electrons. The quantitative estimate of drug-likeness (QED) is 0.718. The van der Waals surface area contributed by atoms with Gasteiger partial charge in [0.25, 0.3) is 0 Å². The second-order valence-corrected chi connectivity index (χ2v) is 5.41. The van der Waals surface area contributed by atoms with Crippen LogP contribution in [-0.2, 0) is 0 Å². The van der Waals surface area contributed by atoms with Crippen molar-refractivity contribution in [2.45, 2.75) is 32.6 Å². The first-order chi connectivity index (χ1) is 8.72. The number of aliphatic hydroxyl groups excluding tert-OH is 1. The van der Waals surface area contributed by atoms with Crippen molar-refractivity contribution in [3.63, 3.8) is 0 Å². The molecule has 0 aromatic heterocycles. The van der Waals surface area contributed by atoms with E-state index in [1.165, 1.54) is 24.8 Å². The number of nitrogens with one attached hydrogen (secondary N) is 1. The summed E-state index contributed by atoms with van der Waals surface area (Å²) in [5.41, 5.74) is 9.05. The van der Waals surface area contributed by atoms with E-state index in [-0.39, 0.29) is 0 Å². The van der Waals surface area contributed by atoms with E-state index in [0.29, 0.717) is 18.4 Å². The minimum absolute atomic E-state index is 0.315. The minimum Gasteiger partial charge on any atom is -0.397 e. The zero-order valence-electron chi connectivity index (χ0n) is 11.2. The molecule has 0 saturated heterocycles. The number of para-hydroxylation sites is 1. The van der Waals surface area contributed by atoms with Gasteiger partial charge in [0.05, 0.1) is 11.4 Å². The molecular weight excluding hydrogens is 224 g/mol. The van der Waals surface area contributed by atoms with Gasteiger partial charge in [-0.2, -0.15) is 0 Å². The van der Waals surface area contributed by atoms with Gasteiger partial charge in [0, 0.05) is 13.2 Å². The van der Waals surface area contributed by atoms with E-state index in [0.717, 1.165) is 24.3 Å². The lowest BCUT2D eigenvalue weighted by Crippen LogP contribution is -2.29. The highest BCUT2D eigenvalue weighted by Gasteiger charge is 2.24. The number of aliphatic hydroxyl groups is 1. The molecule has 1 aromatic carbocycles. The summed E-state index contributed by atoms with van der Waals surface area (Å²) in [6.07, 6.45) is 4.91. The van der Waals surface area contributed by atoms with Gasteiger partial charge in [-0.25, -0.2) is 0 Å². The van der Waals surface area contributed by atoms with Crippen LogP contribution in [0.15, 0.2) is 18.2 Å². The van der Waals surface area contributed by atoms with Crippen LogP contribution in [0.3, 0.4) is 0 Å². The van der Waals surface area contributed by atoms with Gasteiger partial charge in [-0.05, 0) is 43.2 Å². The van der Waals surface area contributed by atoms with Crippen LogP contribution >= 0.6 is 0 Å². The Hall–Kier alpha value is -1.22. The van der Waals surface area contributed by atoms with Gasteiger partial charge < -0.3 is 16.2 Å². The van der Waals surface area contributed by atoms with Gasteiger partial charge in [0.1, 0.15) is 0 Å². The summed E-state index contributed by atoms with van der Waals surface area (Å²) in [5, 5.41) is 12.9. The monoisotopic (exact) mass is 248 g/mol. The lowest BCUT2D eigenvalue weighted by atomic mass is 9.79. The molecule has 2 unspecified atom stereocenters. The van der Waals surface area contributed by atoms with Crippen molar-refractivity contribution >= 4 is 11.4 Å². The molecule has 1 aliphatic rings. The van der Waals surface area contributed by atoms with Crippen LogP contribution in [0.4, 0.5) is 11.4 Å². The second kappa shape index (κ2) is 6.10. The first-order valence-electron chi connectivity index (χ1n) is 6.92. The SMILES string of the molecule is Cc1cccc(N)c1NCC1CCCCC1CO. The number of hydrogen-bond donors (Lipinski definition) is 3. The zero-order chi connectivity index (χ0) is 13.0. The maximum absolute atomic E-state index is 9.42. The highest BCUT2D eigenvalue weighted by atomic mass is 16.3. The minimum atomic E-state index is 0.315. The van der Waals surface area contributed by atoms with Crippen molar-refractivity contribution < 1.29 is 5.11 Å². The number of benzene rings is 1. The fraction of sp³-hybridized carbons (Fsp3) is 0.600. The molecule has 1 saturated carbocycles. The number of nitrogen functional groups attached to an aromatic ring is 1. The predicted molar refractivity (Wildman–Crippen MR) is 76.6 cm³/mol. The molecular formula is C15H24N2O. The van der Waals surface area contributed by atoms with Crippen LogP contribution in [0.1, 0.15) is 31.2 Å². The summed E-state index contributed by atoms with van der Waals surface area (Å²) in [7, 11) is 0. The summed E-state index contributed by atoms with van der Waals surface area (Å²) < 4.78 is 0. The van der Waals surface area contributed by atoms with Crippen molar-refractivity contribution in [1.82, 2.24) is 0 Å². The zero-order valence-corrected chi connectivity index (χ0v) is 11.2. The highest BCUT2D eigenvalue weighted by molar-refractivity contribution is 5.69. The maximum Gasteiger partial charge on any atom is 0.0603 e. The van der Waals surface area contributed by atoms with Crippen LogP contribution in [0, 0.1) is 18.8 Å². The van der Waals surface area contributed by atoms with Crippen LogP contribution in [0.5, 0.6) is 0 Å². The third-order valence-electron chi connectivity index (χ3n) is 4.15. The van der Waals surface area contributed by atoms with Gasteiger partial charge in [-0.3, -0.25) is 0 Å². The molecule has 0 amide bonds. The second-order valence-electron chi connectivity index (χ2n) is 5.41. The Balaban J connectivity index is 1.98. The fourth-order valence-electron chi connectivity index (χ4n) is 2.96. The molecule has 0 bridgehead atoms. The molecule has 1 aromatic rings. The standard InChI is InChI=1S/C15H24N2O/c1-11-5-4-8-14(16)15(11)17-9-12-6-2-3-7-13(12)10-18/h4-5,8,12-13,17-18H,2-3,6-7,9-10,16H2,1H3. The summed E-state index contributed by atoms with van der Waals surface area (Å²) >= 11 is 0. The number of aryl methyl sites for hydroxylation is 1. The van der Waals surface area contributed by atoms with Crippen molar-refractivity contribution in [3.05, 3.63) is 23.8 Å². The van der Waals surface area contributed by atoms with E-state index in [1.54, 1.807) is 0 Å². The van der Waals surface area contributed by atoms with E-state index < -0.39 is 0 Å². The smallest absolute Gasteiger partial charge is 0.0603 e. The normalized spacial score (nSPS) is 23.9. The average Bonchev–Trinajstić information content (AvgIpc) is 2.38. The van der Waals surface area contributed by atoms with Gasteiger partial charge in [0.15, 0.2) is 0 Å². The summed E-state index contributed by atoms with van der Waals surface area (Å²) in [6, 6.07) is 5.98. The topological polar surface area (TPSA) is 58.3 Å². The number of anilines is 2. The molecule has 0 aliphatic heterocycles. The molecule has 4 N–H and O–H groups in total. The lowest BCUT2D eigenvalue weighted by molar-refractivity contribution is 0.141. The average molecular weight is 248 g/mol. The van der Waals surface area contributed by atoms with E-state index in [4.69, 9.17) is 5.73 Å². The Morgan fingerprint density at radius 1 is 1.28 bits per heavy atom. The molecule has 18 heavy (non-hydrogen) atoms. The van der Waals surface area contributed by atoms with Crippen molar-refractivity contribution in [2.24, 2.45) is 11.8 Å². The molecule has 1 aliphatic carbocycles. The molecule has 1 fully saturated rings. The van der Waals surface area contributed by atoms with Gasteiger partial charge in [-0.1, -0.05) is 25.0 Å². The van der Waals surface area contributed by atoms with E-state index in [9.17, 15) is 5.11 Å². The fourth-order valence-corrected chi connectivity index (χ4v) is 2.96. The van der Waals surface area contributed by atoms with Crippen molar-refractivity contribution in [3.8, 4) is 0 Å². The summed E-state index contributed by atoms with van der Waals surface area (Å²) in [6.45, 7) is 3.30. The van der Waals surface area contributed by atoms with Gasteiger partial charge in [0.2, 0.25) is 0 Å². The van der Waals surface area contributed by atoms with Crippen LogP contribution < -0.4 is 11.1 Å².